The van der Waals surface area contributed by atoms with Gasteiger partial charge in [-0.1, -0.05) is 257 Å². The third-order valence-electron chi connectivity index (χ3n) is 17.3. The number of benzene rings is 8. The molecule has 2 amide bonds. The Bertz CT molecular complexity index is 6480. The summed E-state index contributed by atoms with van der Waals surface area (Å²) in [5.74, 6) is -3.36. The van der Waals surface area contributed by atoms with Crippen LogP contribution in [0.5, 0.6) is 0 Å². The number of furan rings is 5. The largest absolute Gasteiger partial charge is 1.00 e. The number of halogens is 8. The number of carbonyl (C=O) groups excluding carboxylic acids is 12. The maximum atomic E-state index is 12.4. The summed E-state index contributed by atoms with van der Waals surface area (Å²) >= 11 is 29.3. The van der Waals surface area contributed by atoms with E-state index in [1.165, 1.54) is 68.4 Å². The number of primary amides is 2. The number of carbonyl (C=O) groups is 13. The predicted molar refractivity (Wildman–Crippen MR) is 525 cm³/mol. The quantitative estimate of drug-likeness (QED) is 0.00544. The Hall–Kier alpha value is -12.4. The maximum Gasteiger partial charge on any atom is 1.00 e. The number of hydrogen-bond acceptors (Lipinski definition) is 31. The van der Waals surface area contributed by atoms with Crippen molar-refractivity contribution in [3.8, 4) is 68.5 Å². The number of rotatable bonds is 20. The van der Waals surface area contributed by atoms with E-state index in [0.717, 1.165) is 67.2 Å². The van der Waals surface area contributed by atoms with Gasteiger partial charge in [0.05, 0.1) is 64.6 Å². The molecule has 11 N–H and O–H groups in total. The predicted octanol–water partition coefficient (Wildman–Crippen LogP) is 17.8. The van der Waals surface area contributed by atoms with Crippen molar-refractivity contribution in [3.63, 3.8) is 0 Å². The summed E-state index contributed by atoms with van der Waals surface area (Å²) in [4.78, 5) is 154. The molecule has 0 saturated carbocycles. The van der Waals surface area contributed by atoms with Crippen molar-refractivity contribution in [3.05, 3.63) is 331 Å². The van der Waals surface area contributed by atoms with Gasteiger partial charge in [0.25, 0.3) is 11.8 Å². The number of fused-ring (bicyclic) bond motifs is 1. The molecule has 6 heterocycles. The first-order chi connectivity index (χ1) is 64.5. The van der Waals surface area contributed by atoms with Crippen LogP contribution in [0, 0.1) is 11.8 Å². The van der Waals surface area contributed by atoms with E-state index < -0.39 is 71.3 Å². The molecule has 0 aliphatic rings. The Balaban J connectivity index is 0.000000334. The van der Waals surface area contributed by atoms with Crippen LogP contribution in [0.3, 0.4) is 0 Å². The van der Waals surface area contributed by atoms with Crippen molar-refractivity contribution in [2.45, 2.75) is 20.1 Å². The zero-order valence-corrected chi connectivity index (χ0v) is 88.5. The van der Waals surface area contributed by atoms with Gasteiger partial charge in [0.1, 0.15) is 106 Å². The fourth-order valence-corrected chi connectivity index (χ4v) is 12.9. The van der Waals surface area contributed by atoms with Gasteiger partial charge in [-0.05, 0) is 83.9 Å². The summed E-state index contributed by atoms with van der Waals surface area (Å²) in [6.07, 6.45) is 6.14. The molecular formula is C95H77Br7ClKN6O28. The van der Waals surface area contributed by atoms with E-state index in [4.69, 9.17) is 70.2 Å². The number of methoxy groups -OCH3 is 6. The average Bonchev–Trinajstić information content (AvgIpc) is 1.60. The first kappa shape index (κ1) is 118. The molecule has 43 heteroatoms. The van der Waals surface area contributed by atoms with E-state index in [-0.39, 0.29) is 155 Å². The van der Waals surface area contributed by atoms with Gasteiger partial charge in [-0.25, -0.2) is 53.1 Å². The van der Waals surface area contributed by atoms with Crippen LogP contribution < -0.4 is 74.7 Å². The second-order valence-corrected chi connectivity index (χ2v) is 32.5. The Labute approximate surface area is 892 Å². The number of amides is 2. The number of ketones is 2. The number of carboxylic acid groups (broad SMARTS) is 1. The number of ether oxygens (including phenoxy) is 8. The Morgan fingerprint density at radius 2 is 0.717 bits per heavy atom. The Morgan fingerprint density at radius 1 is 0.399 bits per heavy atom. The second-order valence-electron chi connectivity index (χ2n) is 26.1. The molecule has 0 saturated heterocycles. The van der Waals surface area contributed by atoms with Crippen molar-refractivity contribution in [2.75, 3.05) is 53.7 Å². The number of alkyl halides is 1. The molecule has 712 valence electrons. The molecule has 0 unspecified atom stereocenters. The number of carboxylic acids is 1. The zero-order chi connectivity index (χ0) is 99.1. The fourth-order valence-electron chi connectivity index (χ4n) is 10.7. The molecule has 0 atom stereocenters. The average molecular weight is 2380 g/mol. The third-order valence-corrected chi connectivity index (χ3v) is 21.3. The SMILES string of the molecule is CC(=O)C(=O)OCc1ccccc1.COC(=O)C#CC(=O)OC.COC(=O)c1c(C(=O)O)coc1-c1ccc(Br)cc1.COC(=O)c1c(C(N)=O)coc1-c1ccc(Br)cc1.COC(=O)c1coc(-c2ccc(Br)cc2)c1C(=O)OC.N.NC(=O)c1coc(-c2ccc(Br)cc2)c1N.O=C(CBr)c1ccc(Br)cc1.O=C(OCc1ccccc1)c1nc(Cl)c2coc(-c3ccc(Br)cc3)c2n1.[K+].[OH-]. The number of anilines is 1. The van der Waals surface area contributed by atoms with Gasteiger partial charge in [-0.2, -0.15) is 0 Å². The van der Waals surface area contributed by atoms with Crippen molar-refractivity contribution in [1.29, 1.82) is 0 Å². The van der Waals surface area contributed by atoms with Crippen molar-refractivity contribution in [2.24, 2.45) is 11.5 Å². The molecule has 0 fully saturated rings. The molecular weight excluding hydrogens is 2310 g/mol. The molecule has 34 nitrogen and oxygen atoms in total. The van der Waals surface area contributed by atoms with E-state index >= 15 is 0 Å². The number of nitrogens with two attached hydrogens (primary N) is 3. The van der Waals surface area contributed by atoms with Crippen LogP contribution in [0.4, 0.5) is 5.69 Å². The minimum atomic E-state index is -1.24. The van der Waals surface area contributed by atoms with Gasteiger partial charge >= 0.3 is 105 Å². The fraction of sp³-hybridized carbons (Fsp3) is 0.105. The monoisotopic (exact) mass is 2380 g/mol. The van der Waals surface area contributed by atoms with E-state index in [1.54, 1.807) is 84.9 Å². The molecule has 8 aromatic carbocycles. The van der Waals surface area contributed by atoms with Crippen LogP contribution in [0.2, 0.25) is 5.15 Å². The van der Waals surface area contributed by atoms with Crippen LogP contribution in [0.1, 0.15) is 112 Å². The number of Topliss-reactive ketones (excluding diaryl/α,β-unsaturated/α-hetero) is 2. The summed E-state index contributed by atoms with van der Waals surface area (Å²) in [5, 5.41) is 10.1. The van der Waals surface area contributed by atoms with Crippen molar-refractivity contribution in [1.82, 2.24) is 16.1 Å². The molecule has 0 radical (unpaired) electrons. The molecule has 0 aliphatic carbocycles. The topological polar surface area (TPSA) is 551 Å². The molecule has 14 rings (SSSR count). The van der Waals surface area contributed by atoms with Crippen molar-refractivity contribution >= 4 is 217 Å². The van der Waals surface area contributed by atoms with Crippen LogP contribution in [0.25, 0.3) is 67.5 Å². The number of esters is 8. The van der Waals surface area contributed by atoms with Gasteiger partial charge in [0.15, 0.2) is 17.3 Å². The van der Waals surface area contributed by atoms with Crippen LogP contribution in [-0.2, 0) is 70.3 Å². The van der Waals surface area contributed by atoms with Gasteiger partial charge in [0.2, 0.25) is 11.6 Å². The zero-order valence-electron chi connectivity index (χ0n) is 73.5. The van der Waals surface area contributed by atoms with Gasteiger partial charge in [-0.3, -0.25) is 19.2 Å². The smallest absolute Gasteiger partial charge is 0.870 e. The standard InChI is InChI=1S/C20H12BrClN2O3.C14H11BrO5.C13H10BrNO4.C13H9BrO5.C11H9BrN2O2.C10H10O3.C8H6Br2O.C6H6O4.K.H3N.H2O/c21-14-8-6-13(7-9-14)17-16-15(11-26-17)18(22)24-19(23-16)20(25)27-10-12-4-2-1-3-5-12;1-18-13(16)10-7-20-12(11(10)14(17)19-2)8-3-5-9(15)6-4-8;2*1-18-13(17)10-9(12(15)16)6-19-11(10)7-2-4-8(14)5-3-7;12-7-3-1-6(2-4-7)10-9(13)8(5-16-10)11(14)15;1-8(11)10(12)13-7-9-5-3-2-4-6-9;9-5-8(11)6-1-3-7(10)4-2-6;1-9-5(7)3-4-6(8)10-2;;;/h1-9,11H,10H2;3-7H,1-2H3;2-6H,1H3,(H2,15,16);2-6H,1H3,(H,15,16);1-5H,13H2,(H2,14,15);2-6H,7H2,1H3;1-4H,5H2;1-2H3;;1H3;1H2/q;;;;;;;;+1;;/p-1. The van der Waals surface area contributed by atoms with E-state index in [1.807, 2.05) is 133 Å². The number of aromatic carboxylic acids is 1. The van der Waals surface area contributed by atoms with E-state index in [0.29, 0.717) is 44.4 Å². The number of aromatic nitrogens is 2. The van der Waals surface area contributed by atoms with Gasteiger partial charge in [0, 0.05) is 79.0 Å². The molecule has 0 spiro atoms. The van der Waals surface area contributed by atoms with Crippen LogP contribution >= 0.6 is 123 Å². The summed E-state index contributed by atoms with van der Waals surface area (Å²) < 4.78 is 69.1. The molecule has 14 aromatic rings. The summed E-state index contributed by atoms with van der Waals surface area (Å²) in [7, 11) is 7.23. The number of hydrogen-bond donors (Lipinski definition) is 5. The Kier molecular flexibility index (Phi) is 51.0. The Morgan fingerprint density at radius 3 is 1.07 bits per heavy atom. The number of nitrogens with zero attached hydrogens (tertiary/aromatic N) is 2. The summed E-state index contributed by atoms with van der Waals surface area (Å²) in [5.41, 5.74) is 22.9. The molecule has 0 bridgehead atoms. The first-order valence-corrected chi connectivity index (χ1v) is 44.3. The molecule has 0 aliphatic heterocycles. The van der Waals surface area contributed by atoms with Gasteiger partial charge in [-0.15, -0.1) is 0 Å². The molecule has 138 heavy (non-hydrogen) atoms. The minimum Gasteiger partial charge on any atom is -0.870 e. The van der Waals surface area contributed by atoms with Crippen molar-refractivity contribution < 1.29 is 184 Å². The third kappa shape index (κ3) is 35.2. The normalized spacial score (nSPS) is 9.76. The second kappa shape index (κ2) is 59.7. The van der Waals surface area contributed by atoms with Gasteiger partial charge < -0.3 is 93.9 Å². The molecule has 6 aromatic heterocycles. The minimum absolute atomic E-state index is 0. The number of nitrogen functional groups attached to an aromatic ring is 1. The maximum absolute atomic E-state index is 12.4. The van der Waals surface area contributed by atoms with Crippen LogP contribution in [-0.4, -0.2) is 146 Å². The van der Waals surface area contributed by atoms with E-state index in [9.17, 15) is 62.3 Å². The summed E-state index contributed by atoms with van der Waals surface area (Å²) in [6.45, 7) is 1.47. The first-order valence-electron chi connectivity index (χ1n) is 38.1. The van der Waals surface area contributed by atoms with E-state index in [2.05, 4.69) is 145 Å². The van der Waals surface area contributed by atoms with Crippen LogP contribution in [0.15, 0.2) is 286 Å². The summed E-state index contributed by atoms with van der Waals surface area (Å²) in [6, 6.07) is 62.0.